The van der Waals surface area contributed by atoms with Gasteiger partial charge in [0.05, 0.1) is 11.4 Å². The monoisotopic (exact) mass is 340 g/mol. The fourth-order valence-corrected chi connectivity index (χ4v) is 2.50. The van der Waals surface area contributed by atoms with E-state index < -0.39 is 10.8 Å². The van der Waals surface area contributed by atoms with Crippen LogP contribution in [0.15, 0.2) is 30.3 Å². The third-order valence-electron chi connectivity index (χ3n) is 4.27. The highest BCUT2D eigenvalue weighted by Crippen LogP contribution is 2.34. The standard InChI is InChI=1S/C21H28N2O2/c1-20(2,3)17(24)12-13-11-16(22)18(23-19(25)21(4,5)6)15-10-8-7-9-14(13)15/h7-11H,12,22H2,1-6H3,(H,23,25). The number of hydrogen-bond donors (Lipinski definition) is 2. The number of hydrogen-bond acceptors (Lipinski definition) is 3. The van der Waals surface area contributed by atoms with Crippen LogP contribution in [-0.4, -0.2) is 11.7 Å². The van der Waals surface area contributed by atoms with Crippen molar-refractivity contribution >= 4 is 33.8 Å². The molecular formula is C21H28N2O2. The molecule has 2 aromatic rings. The van der Waals surface area contributed by atoms with Crippen LogP contribution < -0.4 is 11.1 Å². The number of Topliss-reactive ketones (excluding diaryl/α,β-unsaturated/α-hetero) is 1. The molecule has 0 aliphatic carbocycles. The molecule has 0 unspecified atom stereocenters. The highest BCUT2D eigenvalue weighted by atomic mass is 16.2. The molecule has 3 N–H and O–H groups in total. The largest absolute Gasteiger partial charge is 0.397 e. The van der Waals surface area contributed by atoms with E-state index in [1.807, 2.05) is 71.9 Å². The zero-order valence-corrected chi connectivity index (χ0v) is 16.0. The molecule has 0 saturated carbocycles. The van der Waals surface area contributed by atoms with E-state index in [1.165, 1.54) is 0 Å². The zero-order chi connectivity index (χ0) is 19.0. The van der Waals surface area contributed by atoms with Crippen LogP contribution in [0.4, 0.5) is 11.4 Å². The Morgan fingerprint density at radius 3 is 2.04 bits per heavy atom. The molecule has 0 bridgehead atoms. The normalized spacial score (nSPS) is 12.2. The summed E-state index contributed by atoms with van der Waals surface area (Å²) in [5, 5.41) is 4.76. The second-order valence-corrected chi connectivity index (χ2v) is 8.60. The first-order valence-electron chi connectivity index (χ1n) is 8.56. The topological polar surface area (TPSA) is 72.2 Å². The number of nitrogen functional groups attached to an aromatic ring is 1. The molecule has 0 spiro atoms. The van der Waals surface area contributed by atoms with E-state index in [4.69, 9.17) is 5.73 Å². The average Bonchev–Trinajstić information content (AvgIpc) is 2.48. The summed E-state index contributed by atoms with van der Waals surface area (Å²) in [6.45, 7) is 11.3. The SMILES string of the molecule is CC(C)(C)C(=O)Cc1cc(N)c(NC(=O)C(C)(C)C)c2ccccc12. The summed E-state index contributed by atoms with van der Waals surface area (Å²) >= 11 is 0. The number of nitrogens with one attached hydrogen (secondary N) is 1. The van der Waals surface area contributed by atoms with Crippen molar-refractivity contribution in [2.24, 2.45) is 10.8 Å². The number of nitrogens with two attached hydrogens (primary N) is 1. The van der Waals surface area contributed by atoms with Crippen LogP contribution in [0.3, 0.4) is 0 Å². The molecule has 0 radical (unpaired) electrons. The van der Waals surface area contributed by atoms with Gasteiger partial charge in [-0.3, -0.25) is 9.59 Å². The number of carbonyl (C=O) groups is 2. The van der Waals surface area contributed by atoms with Crippen LogP contribution >= 0.6 is 0 Å². The van der Waals surface area contributed by atoms with Crippen LogP contribution in [0.5, 0.6) is 0 Å². The Labute approximate surface area is 149 Å². The van der Waals surface area contributed by atoms with E-state index >= 15 is 0 Å². The Bertz CT molecular complexity index is 824. The van der Waals surface area contributed by atoms with Gasteiger partial charge < -0.3 is 11.1 Å². The maximum Gasteiger partial charge on any atom is 0.229 e. The summed E-state index contributed by atoms with van der Waals surface area (Å²) in [5.74, 6) is 0.0615. The number of rotatable bonds is 3. The van der Waals surface area contributed by atoms with E-state index in [-0.39, 0.29) is 11.7 Å². The van der Waals surface area contributed by atoms with Gasteiger partial charge in [0, 0.05) is 22.6 Å². The molecule has 0 fully saturated rings. The summed E-state index contributed by atoms with van der Waals surface area (Å²) in [6.07, 6.45) is 0.321. The predicted molar refractivity (Wildman–Crippen MR) is 105 cm³/mol. The minimum absolute atomic E-state index is 0.0946. The van der Waals surface area contributed by atoms with Crippen molar-refractivity contribution in [3.05, 3.63) is 35.9 Å². The first-order valence-corrected chi connectivity index (χ1v) is 8.56. The van der Waals surface area contributed by atoms with Crippen molar-refractivity contribution in [3.8, 4) is 0 Å². The number of ketones is 1. The fraction of sp³-hybridized carbons (Fsp3) is 0.429. The zero-order valence-electron chi connectivity index (χ0n) is 16.0. The van der Waals surface area contributed by atoms with E-state index in [0.717, 1.165) is 16.3 Å². The highest BCUT2D eigenvalue weighted by molar-refractivity contribution is 6.09. The molecule has 134 valence electrons. The Balaban J connectivity index is 2.54. The smallest absolute Gasteiger partial charge is 0.229 e. The summed E-state index contributed by atoms with van der Waals surface area (Å²) in [4.78, 5) is 24.9. The molecule has 4 nitrogen and oxygen atoms in total. The maximum absolute atomic E-state index is 12.5. The first kappa shape index (κ1) is 19.0. The van der Waals surface area contributed by atoms with E-state index in [1.54, 1.807) is 0 Å². The molecule has 1 amide bonds. The van der Waals surface area contributed by atoms with Crippen molar-refractivity contribution in [2.45, 2.75) is 48.0 Å². The summed E-state index contributed by atoms with van der Waals surface area (Å²) in [5.41, 5.74) is 7.29. The molecule has 0 aliphatic heterocycles. The summed E-state index contributed by atoms with van der Waals surface area (Å²) in [7, 11) is 0. The van der Waals surface area contributed by atoms with Crippen LogP contribution in [0, 0.1) is 10.8 Å². The summed E-state index contributed by atoms with van der Waals surface area (Å²) in [6, 6.07) is 9.54. The lowest BCUT2D eigenvalue weighted by molar-refractivity contribution is -0.125. The lowest BCUT2D eigenvalue weighted by Crippen LogP contribution is -2.28. The van der Waals surface area contributed by atoms with E-state index in [0.29, 0.717) is 17.8 Å². The minimum Gasteiger partial charge on any atom is -0.397 e. The number of benzene rings is 2. The van der Waals surface area contributed by atoms with Gasteiger partial charge in [-0.05, 0) is 17.0 Å². The third kappa shape index (κ3) is 4.19. The van der Waals surface area contributed by atoms with Crippen molar-refractivity contribution < 1.29 is 9.59 Å². The molecule has 2 aromatic carbocycles. The van der Waals surface area contributed by atoms with Gasteiger partial charge in [-0.15, -0.1) is 0 Å². The molecule has 25 heavy (non-hydrogen) atoms. The van der Waals surface area contributed by atoms with Gasteiger partial charge in [0.25, 0.3) is 0 Å². The average molecular weight is 340 g/mol. The van der Waals surface area contributed by atoms with Crippen molar-refractivity contribution in [3.63, 3.8) is 0 Å². The molecule has 0 aliphatic rings. The fourth-order valence-electron chi connectivity index (χ4n) is 2.50. The quantitative estimate of drug-likeness (QED) is 0.804. The number of amides is 1. The van der Waals surface area contributed by atoms with Gasteiger partial charge in [0.1, 0.15) is 5.78 Å². The second kappa shape index (κ2) is 6.51. The van der Waals surface area contributed by atoms with Crippen molar-refractivity contribution in [1.82, 2.24) is 0 Å². The molecule has 0 atom stereocenters. The molecule has 0 aromatic heterocycles. The lowest BCUT2D eigenvalue weighted by atomic mass is 9.85. The Morgan fingerprint density at radius 2 is 1.52 bits per heavy atom. The van der Waals surface area contributed by atoms with Crippen molar-refractivity contribution in [1.29, 1.82) is 0 Å². The van der Waals surface area contributed by atoms with Crippen LogP contribution in [0.2, 0.25) is 0 Å². The highest BCUT2D eigenvalue weighted by Gasteiger charge is 2.25. The Kier molecular flexibility index (Phi) is 4.94. The van der Waals surface area contributed by atoms with Gasteiger partial charge in [-0.2, -0.15) is 0 Å². The second-order valence-electron chi connectivity index (χ2n) is 8.60. The van der Waals surface area contributed by atoms with Gasteiger partial charge in [-0.25, -0.2) is 0 Å². The molecule has 0 heterocycles. The molecule has 0 saturated heterocycles. The number of fused-ring (bicyclic) bond motifs is 1. The maximum atomic E-state index is 12.5. The van der Waals surface area contributed by atoms with Crippen molar-refractivity contribution in [2.75, 3.05) is 11.1 Å². The molecule has 2 rings (SSSR count). The van der Waals surface area contributed by atoms with Gasteiger partial charge in [0.2, 0.25) is 5.91 Å². The predicted octanol–water partition coefficient (Wildman–Crippen LogP) is 4.56. The van der Waals surface area contributed by atoms with Gasteiger partial charge in [0.15, 0.2) is 0 Å². The third-order valence-corrected chi connectivity index (χ3v) is 4.27. The molecular weight excluding hydrogens is 312 g/mol. The summed E-state index contributed by atoms with van der Waals surface area (Å²) < 4.78 is 0. The van der Waals surface area contributed by atoms with Gasteiger partial charge in [-0.1, -0.05) is 65.8 Å². The van der Waals surface area contributed by atoms with Crippen LogP contribution in [-0.2, 0) is 16.0 Å². The van der Waals surface area contributed by atoms with Gasteiger partial charge >= 0.3 is 0 Å². The minimum atomic E-state index is -0.519. The Hall–Kier alpha value is -2.36. The van der Waals surface area contributed by atoms with Crippen LogP contribution in [0.25, 0.3) is 10.8 Å². The Morgan fingerprint density at radius 1 is 0.960 bits per heavy atom. The number of carbonyl (C=O) groups excluding carboxylic acids is 2. The molecule has 4 heteroatoms. The first-order chi connectivity index (χ1) is 11.4. The number of anilines is 2. The van der Waals surface area contributed by atoms with E-state index in [9.17, 15) is 9.59 Å². The van der Waals surface area contributed by atoms with Crippen LogP contribution in [0.1, 0.15) is 47.1 Å². The van der Waals surface area contributed by atoms with E-state index in [2.05, 4.69) is 5.32 Å². The lowest BCUT2D eigenvalue weighted by Gasteiger charge is -2.22.